The van der Waals surface area contributed by atoms with Crippen LogP contribution < -0.4 is 10.6 Å². The van der Waals surface area contributed by atoms with E-state index in [0.29, 0.717) is 40.0 Å². The zero-order chi connectivity index (χ0) is 18.8. The minimum atomic E-state index is 0.328. The third-order valence-electron chi connectivity index (χ3n) is 4.79. The summed E-state index contributed by atoms with van der Waals surface area (Å²) in [7, 11) is 0. The molecule has 0 amide bonds. The molecular weight excluding hydrogens is 358 g/mol. The van der Waals surface area contributed by atoms with Crippen molar-refractivity contribution >= 4 is 34.3 Å². The van der Waals surface area contributed by atoms with Crippen LogP contribution in [0.5, 0.6) is 0 Å². The van der Waals surface area contributed by atoms with E-state index in [1.54, 1.807) is 6.20 Å². The van der Waals surface area contributed by atoms with Crippen molar-refractivity contribution in [3.63, 3.8) is 0 Å². The Morgan fingerprint density at radius 3 is 2.70 bits per heavy atom. The third-order valence-corrected chi connectivity index (χ3v) is 5.01. The number of anilines is 1. The molecule has 1 fully saturated rings. The highest BCUT2D eigenvalue weighted by Gasteiger charge is 2.16. The number of nitrogens with one attached hydrogen (secondary N) is 2. The highest BCUT2D eigenvalue weighted by atomic mass is 32.1. The van der Waals surface area contributed by atoms with E-state index in [1.165, 1.54) is 25.7 Å². The molecule has 0 radical (unpaired) electrons. The van der Waals surface area contributed by atoms with Crippen molar-refractivity contribution in [3.8, 4) is 11.5 Å². The second-order valence-electron chi connectivity index (χ2n) is 7.23. The second kappa shape index (κ2) is 7.60. The zero-order valence-electron chi connectivity index (χ0n) is 15.5. The molecule has 0 unspecified atom stereocenters. The Balaban J connectivity index is 1.54. The number of thiocarbonyl (C=S) groups is 1. The molecular formula is C20H23N5OS. The first-order valence-electron chi connectivity index (χ1n) is 9.40. The average molecular weight is 382 g/mol. The van der Waals surface area contributed by atoms with Gasteiger partial charge in [0.1, 0.15) is 22.8 Å². The highest BCUT2D eigenvalue weighted by molar-refractivity contribution is 7.80. The SMILES string of the molecule is CC(C)c1ccc(-c2cnc3ccc(NC(=S)NC4CCCC4)nc3n2)o1. The van der Waals surface area contributed by atoms with Crippen molar-refractivity contribution in [1.29, 1.82) is 0 Å². The molecule has 0 bridgehead atoms. The number of hydrogen-bond donors (Lipinski definition) is 2. The van der Waals surface area contributed by atoms with Gasteiger partial charge in [-0.2, -0.15) is 0 Å². The Morgan fingerprint density at radius 1 is 1.15 bits per heavy atom. The van der Waals surface area contributed by atoms with Gasteiger partial charge in [-0.25, -0.2) is 9.97 Å². The Kier molecular flexibility index (Phi) is 5.03. The number of furan rings is 1. The fraction of sp³-hybridized carbons (Fsp3) is 0.400. The second-order valence-corrected chi connectivity index (χ2v) is 7.64. The number of hydrogen-bond acceptors (Lipinski definition) is 5. The maximum atomic E-state index is 5.87. The van der Waals surface area contributed by atoms with Crippen LogP contribution in [0.25, 0.3) is 22.6 Å². The Hall–Kier alpha value is -2.54. The largest absolute Gasteiger partial charge is 0.459 e. The molecule has 1 saturated carbocycles. The number of aromatic nitrogens is 3. The molecule has 1 aliphatic rings. The van der Waals surface area contributed by atoms with Gasteiger partial charge < -0.3 is 15.1 Å². The predicted molar refractivity (Wildman–Crippen MR) is 111 cm³/mol. The van der Waals surface area contributed by atoms with E-state index >= 15 is 0 Å². The first-order valence-corrected chi connectivity index (χ1v) is 9.81. The van der Waals surface area contributed by atoms with Crippen LogP contribution in [0.2, 0.25) is 0 Å². The molecule has 0 aromatic carbocycles. The van der Waals surface area contributed by atoms with Crippen LogP contribution in [0.3, 0.4) is 0 Å². The molecule has 7 heteroatoms. The molecule has 2 N–H and O–H groups in total. The van der Waals surface area contributed by atoms with E-state index in [1.807, 2.05) is 24.3 Å². The molecule has 0 saturated heterocycles. The van der Waals surface area contributed by atoms with Gasteiger partial charge in [-0.05, 0) is 49.3 Å². The van der Waals surface area contributed by atoms with Crippen LogP contribution in [-0.4, -0.2) is 26.1 Å². The van der Waals surface area contributed by atoms with Crippen molar-refractivity contribution in [2.24, 2.45) is 0 Å². The normalized spacial score (nSPS) is 14.8. The lowest BCUT2D eigenvalue weighted by atomic mass is 10.2. The van der Waals surface area contributed by atoms with Crippen LogP contribution in [-0.2, 0) is 0 Å². The summed E-state index contributed by atoms with van der Waals surface area (Å²) < 4.78 is 5.87. The van der Waals surface area contributed by atoms with Crippen molar-refractivity contribution in [2.45, 2.75) is 51.5 Å². The lowest BCUT2D eigenvalue weighted by molar-refractivity contribution is 0.497. The molecule has 27 heavy (non-hydrogen) atoms. The Labute approximate surface area is 163 Å². The fourth-order valence-electron chi connectivity index (χ4n) is 3.29. The molecule has 3 heterocycles. The smallest absolute Gasteiger partial charge is 0.180 e. The van der Waals surface area contributed by atoms with E-state index in [9.17, 15) is 0 Å². The molecule has 0 spiro atoms. The van der Waals surface area contributed by atoms with E-state index < -0.39 is 0 Å². The monoisotopic (exact) mass is 381 g/mol. The molecule has 6 nitrogen and oxygen atoms in total. The van der Waals surface area contributed by atoms with Crippen LogP contribution in [0.15, 0.2) is 34.9 Å². The van der Waals surface area contributed by atoms with Gasteiger partial charge in [0.25, 0.3) is 0 Å². The van der Waals surface area contributed by atoms with Gasteiger partial charge >= 0.3 is 0 Å². The fourth-order valence-corrected chi connectivity index (χ4v) is 3.57. The van der Waals surface area contributed by atoms with Crippen LogP contribution in [0.1, 0.15) is 51.2 Å². The molecule has 0 atom stereocenters. The van der Waals surface area contributed by atoms with Gasteiger partial charge in [0.2, 0.25) is 0 Å². The van der Waals surface area contributed by atoms with Gasteiger partial charge in [-0.1, -0.05) is 26.7 Å². The Morgan fingerprint density at radius 2 is 1.96 bits per heavy atom. The number of pyridine rings is 1. The predicted octanol–water partition coefficient (Wildman–Crippen LogP) is 4.64. The van der Waals surface area contributed by atoms with Crippen LogP contribution in [0.4, 0.5) is 5.82 Å². The molecule has 3 aromatic heterocycles. The minimum Gasteiger partial charge on any atom is -0.459 e. The van der Waals surface area contributed by atoms with Gasteiger partial charge in [0, 0.05) is 12.0 Å². The van der Waals surface area contributed by atoms with E-state index in [2.05, 4.69) is 39.4 Å². The summed E-state index contributed by atoms with van der Waals surface area (Å²) in [5.74, 6) is 2.62. The lowest BCUT2D eigenvalue weighted by Crippen LogP contribution is -2.36. The van der Waals surface area contributed by atoms with Crippen molar-refractivity contribution in [2.75, 3.05) is 5.32 Å². The average Bonchev–Trinajstić information content (AvgIpc) is 3.33. The summed E-state index contributed by atoms with van der Waals surface area (Å²) >= 11 is 5.41. The highest BCUT2D eigenvalue weighted by Crippen LogP contribution is 2.25. The first kappa shape index (κ1) is 17.9. The standard InChI is InChI=1S/C20H23N5OS/c1-12(2)16-8-9-17(26-16)15-11-21-14-7-10-18(24-19(14)23-15)25-20(27)22-13-5-3-4-6-13/h7-13H,3-6H2,1-2H3,(H2,22,23,24,25,27). The Bertz CT molecular complexity index is 962. The quantitative estimate of drug-likeness (QED) is 0.638. The van der Waals surface area contributed by atoms with E-state index in [4.69, 9.17) is 16.6 Å². The third kappa shape index (κ3) is 4.08. The number of rotatable bonds is 4. The van der Waals surface area contributed by atoms with Crippen LogP contribution in [0, 0.1) is 0 Å². The molecule has 3 aromatic rings. The van der Waals surface area contributed by atoms with E-state index in [-0.39, 0.29) is 0 Å². The number of fused-ring (bicyclic) bond motifs is 1. The van der Waals surface area contributed by atoms with Gasteiger partial charge in [-0.15, -0.1) is 0 Å². The maximum absolute atomic E-state index is 5.87. The van der Waals surface area contributed by atoms with E-state index in [0.717, 1.165) is 11.3 Å². The summed E-state index contributed by atoms with van der Waals surface area (Å²) in [6.07, 6.45) is 6.58. The lowest BCUT2D eigenvalue weighted by Gasteiger charge is -2.15. The van der Waals surface area contributed by atoms with Crippen molar-refractivity contribution < 1.29 is 4.42 Å². The molecule has 1 aliphatic carbocycles. The maximum Gasteiger partial charge on any atom is 0.180 e. The summed E-state index contributed by atoms with van der Waals surface area (Å²) in [5, 5.41) is 7.11. The zero-order valence-corrected chi connectivity index (χ0v) is 16.3. The molecule has 0 aliphatic heterocycles. The van der Waals surface area contributed by atoms with Gasteiger partial charge in [-0.3, -0.25) is 4.98 Å². The summed E-state index contributed by atoms with van der Waals surface area (Å²) in [4.78, 5) is 13.6. The minimum absolute atomic E-state index is 0.328. The summed E-state index contributed by atoms with van der Waals surface area (Å²) in [5.41, 5.74) is 1.96. The van der Waals surface area contributed by atoms with Gasteiger partial charge in [0.15, 0.2) is 16.5 Å². The number of nitrogens with zero attached hydrogens (tertiary/aromatic N) is 3. The topological polar surface area (TPSA) is 75.9 Å². The van der Waals surface area contributed by atoms with Crippen LogP contribution >= 0.6 is 12.2 Å². The first-order chi connectivity index (χ1) is 13.1. The van der Waals surface area contributed by atoms with Crippen molar-refractivity contribution in [3.05, 3.63) is 36.2 Å². The summed E-state index contributed by atoms with van der Waals surface area (Å²) in [6.45, 7) is 4.19. The molecule has 140 valence electrons. The summed E-state index contributed by atoms with van der Waals surface area (Å²) in [6, 6.07) is 8.12. The van der Waals surface area contributed by atoms with Crippen molar-refractivity contribution in [1.82, 2.24) is 20.3 Å². The molecule has 4 rings (SSSR count). The van der Waals surface area contributed by atoms with Gasteiger partial charge in [0.05, 0.1) is 6.20 Å².